The summed E-state index contributed by atoms with van der Waals surface area (Å²) in [5, 5.41) is 10.0. The molecule has 6 nitrogen and oxygen atoms in total. The average molecular weight is 245 g/mol. The maximum Gasteiger partial charge on any atom is 0.349 e. The van der Waals surface area contributed by atoms with Crippen LogP contribution in [0.4, 0.5) is 0 Å². The van der Waals surface area contributed by atoms with Gasteiger partial charge in [0.2, 0.25) is 0 Å². The number of likely N-dealkylation sites (tertiary alicyclic amines) is 1. The Balaban J connectivity index is 2.62. The van der Waals surface area contributed by atoms with Crippen molar-refractivity contribution in [3.63, 3.8) is 0 Å². The summed E-state index contributed by atoms with van der Waals surface area (Å²) in [4.78, 5) is 25.0. The number of ether oxygens (including phenoxy) is 2. The van der Waals surface area contributed by atoms with E-state index in [9.17, 15) is 14.7 Å². The molecule has 1 fully saturated rings. The van der Waals surface area contributed by atoms with E-state index in [1.807, 2.05) is 0 Å². The number of carbonyl (C=O) groups excluding carboxylic acids is 2. The number of carbonyl (C=O) groups is 2. The van der Waals surface area contributed by atoms with Crippen molar-refractivity contribution in [3.05, 3.63) is 0 Å². The highest BCUT2D eigenvalue weighted by molar-refractivity contribution is 6.03. The summed E-state index contributed by atoms with van der Waals surface area (Å²) in [7, 11) is 2.26. The fourth-order valence-electron chi connectivity index (χ4n) is 1.95. The lowest BCUT2D eigenvalue weighted by Gasteiger charge is -2.24. The zero-order chi connectivity index (χ0) is 12.9. The van der Waals surface area contributed by atoms with Crippen molar-refractivity contribution in [3.8, 4) is 0 Å². The van der Waals surface area contributed by atoms with Crippen LogP contribution in [0.3, 0.4) is 0 Å². The molecule has 98 valence electrons. The highest BCUT2D eigenvalue weighted by Gasteiger charge is 2.46. The Labute approximate surface area is 100 Å². The molecule has 1 N–H and O–H groups in total. The van der Waals surface area contributed by atoms with Gasteiger partial charge >= 0.3 is 11.9 Å². The SMILES string of the molecule is COC(=O)C(O)(CCN1CCCC1)C(=O)OC. The van der Waals surface area contributed by atoms with E-state index in [-0.39, 0.29) is 6.42 Å². The molecule has 0 unspecified atom stereocenters. The molecular weight excluding hydrogens is 226 g/mol. The number of aliphatic hydroxyl groups is 1. The third-order valence-electron chi connectivity index (χ3n) is 3.03. The molecule has 17 heavy (non-hydrogen) atoms. The largest absolute Gasteiger partial charge is 0.466 e. The lowest BCUT2D eigenvalue weighted by molar-refractivity contribution is -0.181. The maximum atomic E-state index is 11.4. The van der Waals surface area contributed by atoms with E-state index in [4.69, 9.17) is 0 Å². The first kappa shape index (κ1) is 13.9. The number of methoxy groups -OCH3 is 2. The van der Waals surface area contributed by atoms with Crippen molar-refractivity contribution in [2.45, 2.75) is 24.9 Å². The van der Waals surface area contributed by atoms with Crippen LogP contribution in [-0.2, 0) is 19.1 Å². The Hall–Kier alpha value is -1.14. The Morgan fingerprint density at radius 3 is 2.06 bits per heavy atom. The van der Waals surface area contributed by atoms with E-state index in [0.29, 0.717) is 6.54 Å². The number of nitrogens with zero attached hydrogens (tertiary/aromatic N) is 1. The number of rotatable bonds is 5. The second-order valence-electron chi connectivity index (χ2n) is 4.14. The van der Waals surface area contributed by atoms with E-state index in [2.05, 4.69) is 14.4 Å². The number of hydrogen-bond donors (Lipinski definition) is 1. The standard InChI is InChI=1S/C11H19NO5/c1-16-9(13)11(15,10(14)17-2)5-8-12-6-3-4-7-12/h15H,3-8H2,1-2H3. The molecule has 6 heteroatoms. The second-order valence-corrected chi connectivity index (χ2v) is 4.14. The third-order valence-corrected chi connectivity index (χ3v) is 3.03. The summed E-state index contributed by atoms with van der Waals surface area (Å²) < 4.78 is 8.89. The molecule has 0 amide bonds. The molecule has 0 radical (unpaired) electrons. The fraction of sp³-hybridized carbons (Fsp3) is 0.818. The highest BCUT2D eigenvalue weighted by Crippen LogP contribution is 2.17. The molecule has 0 atom stereocenters. The van der Waals surface area contributed by atoms with Crippen molar-refractivity contribution in [2.75, 3.05) is 33.9 Å². The average Bonchev–Trinajstić information content (AvgIpc) is 2.86. The molecule has 1 aliphatic rings. The Kier molecular flexibility index (Phi) is 4.89. The molecule has 1 saturated heterocycles. The molecular formula is C11H19NO5. The topological polar surface area (TPSA) is 76.1 Å². The van der Waals surface area contributed by atoms with Gasteiger partial charge in [0.15, 0.2) is 0 Å². The summed E-state index contributed by atoms with van der Waals surface area (Å²) >= 11 is 0. The minimum Gasteiger partial charge on any atom is -0.466 e. The van der Waals surface area contributed by atoms with E-state index >= 15 is 0 Å². The lowest BCUT2D eigenvalue weighted by atomic mass is 10.00. The minimum absolute atomic E-state index is 0.00759. The van der Waals surface area contributed by atoms with Crippen molar-refractivity contribution in [1.82, 2.24) is 4.90 Å². The first-order chi connectivity index (χ1) is 8.04. The second kappa shape index (κ2) is 5.97. The van der Waals surface area contributed by atoms with Gasteiger partial charge in [-0.25, -0.2) is 9.59 Å². The van der Waals surface area contributed by atoms with Crippen LogP contribution in [-0.4, -0.2) is 61.4 Å². The predicted molar refractivity (Wildman–Crippen MR) is 59.3 cm³/mol. The molecule has 0 aliphatic carbocycles. The third kappa shape index (κ3) is 3.17. The summed E-state index contributed by atoms with van der Waals surface area (Å²) in [6, 6.07) is 0. The van der Waals surface area contributed by atoms with Gasteiger partial charge in [0.25, 0.3) is 5.60 Å². The summed E-state index contributed by atoms with van der Waals surface area (Å²) in [6.45, 7) is 2.33. The molecule has 0 spiro atoms. The van der Waals surface area contributed by atoms with Crippen LogP contribution in [0.2, 0.25) is 0 Å². The van der Waals surface area contributed by atoms with Crippen molar-refractivity contribution < 1.29 is 24.2 Å². The van der Waals surface area contributed by atoms with Gasteiger partial charge in [-0.15, -0.1) is 0 Å². The summed E-state index contributed by atoms with van der Waals surface area (Å²) in [6.07, 6.45) is 2.20. The van der Waals surface area contributed by atoms with Crippen LogP contribution in [0.5, 0.6) is 0 Å². The van der Waals surface area contributed by atoms with Gasteiger partial charge in [0.1, 0.15) is 0 Å². The van der Waals surface area contributed by atoms with E-state index < -0.39 is 17.5 Å². The van der Waals surface area contributed by atoms with Gasteiger partial charge in [-0.3, -0.25) is 0 Å². The summed E-state index contributed by atoms with van der Waals surface area (Å²) in [5.41, 5.74) is -2.19. The van der Waals surface area contributed by atoms with Crippen molar-refractivity contribution >= 4 is 11.9 Å². The minimum atomic E-state index is -2.19. The van der Waals surface area contributed by atoms with Gasteiger partial charge in [0.05, 0.1) is 14.2 Å². The quantitative estimate of drug-likeness (QED) is 0.522. The van der Waals surface area contributed by atoms with Crippen molar-refractivity contribution in [1.29, 1.82) is 0 Å². The van der Waals surface area contributed by atoms with E-state index in [0.717, 1.165) is 40.2 Å². The molecule has 1 aliphatic heterocycles. The van der Waals surface area contributed by atoms with Gasteiger partial charge in [-0.05, 0) is 25.9 Å². The molecule has 0 aromatic rings. The van der Waals surface area contributed by atoms with Crippen LogP contribution in [0.25, 0.3) is 0 Å². The zero-order valence-electron chi connectivity index (χ0n) is 10.3. The summed E-state index contributed by atoms with van der Waals surface area (Å²) in [5.74, 6) is -1.94. The smallest absolute Gasteiger partial charge is 0.349 e. The van der Waals surface area contributed by atoms with E-state index in [1.165, 1.54) is 0 Å². The predicted octanol–water partition coefficient (Wildman–Crippen LogP) is -0.451. The Morgan fingerprint density at radius 2 is 1.65 bits per heavy atom. The number of hydrogen-bond acceptors (Lipinski definition) is 6. The van der Waals surface area contributed by atoms with Crippen LogP contribution in [0.15, 0.2) is 0 Å². The Morgan fingerprint density at radius 1 is 1.18 bits per heavy atom. The Bertz CT molecular complexity index is 270. The fourth-order valence-corrected chi connectivity index (χ4v) is 1.95. The molecule has 0 bridgehead atoms. The monoisotopic (exact) mass is 245 g/mol. The van der Waals surface area contributed by atoms with Gasteiger partial charge in [0, 0.05) is 13.0 Å². The van der Waals surface area contributed by atoms with Crippen molar-refractivity contribution in [2.24, 2.45) is 0 Å². The lowest BCUT2D eigenvalue weighted by Crippen LogP contribution is -2.50. The van der Waals surface area contributed by atoms with Crippen LogP contribution < -0.4 is 0 Å². The zero-order valence-corrected chi connectivity index (χ0v) is 10.3. The van der Waals surface area contributed by atoms with Gasteiger partial charge in [-0.2, -0.15) is 0 Å². The van der Waals surface area contributed by atoms with Crippen LogP contribution >= 0.6 is 0 Å². The van der Waals surface area contributed by atoms with Gasteiger partial charge < -0.3 is 19.5 Å². The maximum absolute atomic E-state index is 11.4. The van der Waals surface area contributed by atoms with Crippen LogP contribution in [0.1, 0.15) is 19.3 Å². The normalized spacial score (nSPS) is 16.9. The molecule has 0 aromatic heterocycles. The van der Waals surface area contributed by atoms with E-state index in [1.54, 1.807) is 0 Å². The number of esters is 2. The molecule has 0 saturated carbocycles. The highest BCUT2D eigenvalue weighted by atomic mass is 16.6. The first-order valence-corrected chi connectivity index (χ1v) is 5.66. The van der Waals surface area contributed by atoms with Gasteiger partial charge in [-0.1, -0.05) is 0 Å². The molecule has 0 aromatic carbocycles. The first-order valence-electron chi connectivity index (χ1n) is 5.66. The van der Waals surface area contributed by atoms with Crippen LogP contribution in [0, 0.1) is 0 Å². The molecule has 1 heterocycles. The molecule has 1 rings (SSSR count).